The van der Waals surface area contributed by atoms with Gasteiger partial charge in [-0.15, -0.1) is 11.3 Å². The van der Waals surface area contributed by atoms with Crippen molar-refractivity contribution in [2.24, 2.45) is 5.73 Å². The number of thiazole rings is 1. The van der Waals surface area contributed by atoms with E-state index in [4.69, 9.17) is 10.5 Å². The number of aromatic nitrogens is 1. The van der Waals surface area contributed by atoms with Crippen LogP contribution in [0, 0.1) is 6.92 Å². The molecule has 0 saturated carbocycles. The van der Waals surface area contributed by atoms with E-state index in [0.717, 1.165) is 23.5 Å². The normalized spacial score (nSPS) is 23.9. The molecule has 1 saturated heterocycles. The first kappa shape index (κ1) is 12.5. The van der Waals surface area contributed by atoms with Gasteiger partial charge in [0.15, 0.2) is 0 Å². The van der Waals surface area contributed by atoms with Crippen molar-refractivity contribution >= 4 is 17.2 Å². The molecule has 1 amide bonds. The SMILES string of the molecule is Cc1nc(CNC(=O)C2CCC(CN)O2)cs1. The summed E-state index contributed by atoms with van der Waals surface area (Å²) in [5, 5.41) is 5.80. The Bertz CT molecular complexity index is 394. The molecule has 0 aromatic carbocycles. The molecule has 1 aromatic heterocycles. The molecule has 1 aliphatic rings. The van der Waals surface area contributed by atoms with Crippen molar-refractivity contribution in [3.05, 3.63) is 16.1 Å². The fourth-order valence-electron chi connectivity index (χ4n) is 1.85. The number of ether oxygens (including phenoxy) is 1. The van der Waals surface area contributed by atoms with Crippen LogP contribution in [-0.2, 0) is 16.1 Å². The van der Waals surface area contributed by atoms with Gasteiger partial charge in [0.2, 0.25) is 5.91 Å². The standard InChI is InChI=1S/C11H17N3O2S/c1-7-14-8(6-17-7)5-13-11(15)10-3-2-9(4-12)16-10/h6,9-10H,2-5,12H2,1H3,(H,13,15). The highest BCUT2D eigenvalue weighted by molar-refractivity contribution is 7.09. The van der Waals surface area contributed by atoms with Crippen molar-refractivity contribution < 1.29 is 9.53 Å². The van der Waals surface area contributed by atoms with Crippen LogP contribution in [0.3, 0.4) is 0 Å². The van der Waals surface area contributed by atoms with E-state index in [1.165, 1.54) is 0 Å². The van der Waals surface area contributed by atoms with Gasteiger partial charge in [-0.1, -0.05) is 0 Å². The molecule has 2 rings (SSSR count). The van der Waals surface area contributed by atoms with Crippen LogP contribution in [-0.4, -0.2) is 29.6 Å². The fraction of sp³-hybridized carbons (Fsp3) is 0.636. The van der Waals surface area contributed by atoms with Crippen molar-refractivity contribution in [1.29, 1.82) is 0 Å². The summed E-state index contributed by atoms with van der Waals surface area (Å²) in [6.07, 6.45) is 1.31. The van der Waals surface area contributed by atoms with Crippen LogP contribution in [0.1, 0.15) is 23.5 Å². The molecule has 5 nitrogen and oxygen atoms in total. The zero-order valence-corrected chi connectivity index (χ0v) is 10.6. The van der Waals surface area contributed by atoms with Gasteiger partial charge in [0.05, 0.1) is 23.4 Å². The third kappa shape index (κ3) is 3.24. The van der Waals surface area contributed by atoms with E-state index in [2.05, 4.69) is 10.3 Å². The summed E-state index contributed by atoms with van der Waals surface area (Å²) in [5.74, 6) is -0.0633. The lowest BCUT2D eigenvalue weighted by molar-refractivity contribution is -0.132. The molecule has 0 radical (unpaired) electrons. The van der Waals surface area contributed by atoms with E-state index in [1.54, 1.807) is 11.3 Å². The highest BCUT2D eigenvalue weighted by Crippen LogP contribution is 2.19. The number of carbonyl (C=O) groups is 1. The largest absolute Gasteiger partial charge is 0.364 e. The number of rotatable bonds is 4. The summed E-state index contributed by atoms with van der Waals surface area (Å²) in [6, 6.07) is 0. The molecule has 6 heteroatoms. The Morgan fingerprint density at radius 2 is 2.53 bits per heavy atom. The Balaban J connectivity index is 1.78. The quantitative estimate of drug-likeness (QED) is 0.825. The molecule has 2 heterocycles. The number of carbonyl (C=O) groups excluding carboxylic acids is 1. The minimum atomic E-state index is -0.344. The number of amides is 1. The molecular weight excluding hydrogens is 238 g/mol. The summed E-state index contributed by atoms with van der Waals surface area (Å²) in [6.45, 7) is 2.90. The summed E-state index contributed by atoms with van der Waals surface area (Å²) >= 11 is 1.58. The lowest BCUT2D eigenvalue weighted by Crippen LogP contribution is -2.35. The van der Waals surface area contributed by atoms with Crippen LogP contribution >= 0.6 is 11.3 Å². The Kier molecular flexibility index (Phi) is 4.09. The number of nitrogens with two attached hydrogens (primary N) is 1. The Labute approximate surface area is 104 Å². The molecule has 3 N–H and O–H groups in total. The van der Waals surface area contributed by atoms with Crippen molar-refractivity contribution in [2.45, 2.75) is 38.5 Å². The zero-order valence-electron chi connectivity index (χ0n) is 9.81. The van der Waals surface area contributed by atoms with Crippen LogP contribution in [0.2, 0.25) is 0 Å². The second-order valence-corrected chi connectivity index (χ2v) is 5.20. The van der Waals surface area contributed by atoms with Gasteiger partial charge in [-0.2, -0.15) is 0 Å². The van der Waals surface area contributed by atoms with Gasteiger partial charge in [-0.05, 0) is 19.8 Å². The lowest BCUT2D eigenvalue weighted by atomic mass is 10.2. The maximum atomic E-state index is 11.8. The fourth-order valence-corrected chi connectivity index (χ4v) is 2.47. The minimum Gasteiger partial charge on any atom is -0.364 e. The summed E-state index contributed by atoms with van der Waals surface area (Å²) in [4.78, 5) is 16.1. The molecule has 1 aromatic rings. The Morgan fingerprint density at radius 1 is 1.71 bits per heavy atom. The number of aryl methyl sites for hydroxylation is 1. The molecule has 2 atom stereocenters. The van der Waals surface area contributed by atoms with E-state index in [1.807, 2.05) is 12.3 Å². The number of hydrogen-bond donors (Lipinski definition) is 2. The van der Waals surface area contributed by atoms with Crippen molar-refractivity contribution in [3.8, 4) is 0 Å². The lowest BCUT2D eigenvalue weighted by Gasteiger charge is -2.11. The summed E-state index contributed by atoms with van der Waals surface area (Å²) < 4.78 is 5.51. The van der Waals surface area contributed by atoms with E-state index < -0.39 is 0 Å². The van der Waals surface area contributed by atoms with Gasteiger partial charge in [0.25, 0.3) is 0 Å². The first-order valence-electron chi connectivity index (χ1n) is 5.73. The monoisotopic (exact) mass is 255 g/mol. The van der Waals surface area contributed by atoms with E-state index in [0.29, 0.717) is 13.1 Å². The van der Waals surface area contributed by atoms with Crippen LogP contribution in [0.25, 0.3) is 0 Å². The summed E-state index contributed by atoms with van der Waals surface area (Å²) in [5.41, 5.74) is 6.40. The molecule has 94 valence electrons. The molecule has 2 unspecified atom stereocenters. The predicted octanol–water partition coefficient (Wildman–Crippen LogP) is 0.574. The third-order valence-electron chi connectivity index (χ3n) is 2.77. The first-order chi connectivity index (χ1) is 8.19. The van der Waals surface area contributed by atoms with Crippen molar-refractivity contribution in [1.82, 2.24) is 10.3 Å². The van der Waals surface area contributed by atoms with Crippen LogP contribution in [0.4, 0.5) is 0 Å². The highest BCUT2D eigenvalue weighted by Gasteiger charge is 2.29. The van der Waals surface area contributed by atoms with E-state index in [9.17, 15) is 4.79 Å². The van der Waals surface area contributed by atoms with Crippen molar-refractivity contribution in [2.75, 3.05) is 6.54 Å². The van der Waals surface area contributed by atoms with Crippen LogP contribution < -0.4 is 11.1 Å². The van der Waals surface area contributed by atoms with Gasteiger partial charge in [-0.3, -0.25) is 4.79 Å². The topological polar surface area (TPSA) is 77.2 Å². The van der Waals surface area contributed by atoms with Gasteiger partial charge in [0.1, 0.15) is 6.10 Å². The second-order valence-electron chi connectivity index (χ2n) is 4.14. The number of nitrogens with zero attached hydrogens (tertiary/aromatic N) is 1. The molecule has 0 aliphatic carbocycles. The Hall–Kier alpha value is -0.980. The van der Waals surface area contributed by atoms with Gasteiger partial charge >= 0.3 is 0 Å². The minimum absolute atomic E-state index is 0.0345. The van der Waals surface area contributed by atoms with Crippen molar-refractivity contribution in [3.63, 3.8) is 0 Å². The first-order valence-corrected chi connectivity index (χ1v) is 6.61. The van der Waals surface area contributed by atoms with E-state index in [-0.39, 0.29) is 18.1 Å². The van der Waals surface area contributed by atoms with Crippen LogP contribution in [0.15, 0.2) is 5.38 Å². The van der Waals surface area contributed by atoms with Gasteiger partial charge in [-0.25, -0.2) is 4.98 Å². The number of hydrogen-bond acceptors (Lipinski definition) is 5. The second kappa shape index (κ2) is 5.57. The predicted molar refractivity (Wildman–Crippen MR) is 65.6 cm³/mol. The van der Waals surface area contributed by atoms with Gasteiger partial charge < -0.3 is 15.8 Å². The molecule has 1 aliphatic heterocycles. The molecular formula is C11H17N3O2S. The van der Waals surface area contributed by atoms with E-state index >= 15 is 0 Å². The maximum Gasteiger partial charge on any atom is 0.249 e. The summed E-state index contributed by atoms with van der Waals surface area (Å²) in [7, 11) is 0. The molecule has 1 fully saturated rings. The average Bonchev–Trinajstić information content (AvgIpc) is 2.94. The molecule has 0 spiro atoms. The third-order valence-corrected chi connectivity index (χ3v) is 3.60. The molecule has 17 heavy (non-hydrogen) atoms. The van der Waals surface area contributed by atoms with Gasteiger partial charge in [0, 0.05) is 11.9 Å². The maximum absolute atomic E-state index is 11.8. The smallest absolute Gasteiger partial charge is 0.249 e. The number of nitrogens with one attached hydrogen (secondary N) is 1. The molecule has 0 bridgehead atoms. The average molecular weight is 255 g/mol. The van der Waals surface area contributed by atoms with Crippen LogP contribution in [0.5, 0.6) is 0 Å². The Morgan fingerprint density at radius 3 is 3.12 bits per heavy atom. The zero-order chi connectivity index (χ0) is 12.3. The highest BCUT2D eigenvalue weighted by atomic mass is 32.1.